The predicted octanol–water partition coefficient (Wildman–Crippen LogP) is 3.99. The van der Waals surface area contributed by atoms with Crippen LogP contribution in [-0.2, 0) is 5.54 Å². The lowest BCUT2D eigenvalue weighted by atomic mass is 9.89. The number of rotatable bonds is 4. The van der Waals surface area contributed by atoms with Crippen LogP contribution in [0.15, 0.2) is 12.1 Å². The number of aryl methyl sites for hydroxylation is 1. The Hall–Kier alpha value is -1.58. The number of benzene rings is 1. The molecule has 0 aliphatic rings. The van der Waals surface area contributed by atoms with E-state index in [1.165, 1.54) is 6.07 Å². The van der Waals surface area contributed by atoms with E-state index in [4.69, 9.17) is 5.73 Å². The first-order valence-corrected chi connectivity index (χ1v) is 6.93. The lowest BCUT2D eigenvalue weighted by molar-refractivity contribution is 0.262. The van der Waals surface area contributed by atoms with E-state index >= 15 is 0 Å². The molecule has 0 saturated heterocycles. The fraction of sp³-hybridized carbons (Fsp3) is 0.533. The van der Waals surface area contributed by atoms with Gasteiger partial charge in [-0.1, -0.05) is 20.8 Å². The Morgan fingerprint density at radius 3 is 2.32 bits per heavy atom. The van der Waals surface area contributed by atoms with Gasteiger partial charge >= 0.3 is 0 Å². The molecule has 0 saturated carbocycles. The van der Waals surface area contributed by atoms with Gasteiger partial charge in [-0.25, -0.2) is 9.37 Å². The van der Waals surface area contributed by atoms with Crippen molar-refractivity contribution in [3.05, 3.63) is 23.5 Å². The van der Waals surface area contributed by atoms with Gasteiger partial charge in [-0.05, 0) is 37.8 Å². The summed E-state index contributed by atoms with van der Waals surface area (Å²) >= 11 is 0. The summed E-state index contributed by atoms with van der Waals surface area (Å²) in [6.07, 6.45) is 2.93. The van der Waals surface area contributed by atoms with E-state index in [2.05, 4.69) is 30.3 Å². The molecular formula is C15H22FN3. The van der Waals surface area contributed by atoms with Crippen LogP contribution in [0.4, 0.5) is 10.3 Å². The molecule has 19 heavy (non-hydrogen) atoms. The Bertz CT molecular complexity index is 589. The number of halogens is 1. The Labute approximate surface area is 113 Å². The second-order valence-electron chi connectivity index (χ2n) is 5.18. The highest BCUT2D eigenvalue weighted by Gasteiger charge is 2.30. The Morgan fingerprint density at radius 1 is 1.21 bits per heavy atom. The molecule has 0 aliphatic carbocycles. The molecule has 0 fully saturated rings. The maximum atomic E-state index is 13.6. The smallest absolute Gasteiger partial charge is 0.201 e. The van der Waals surface area contributed by atoms with Crippen LogP contribution in [0.2, 0.25) is 0 Å². The third-order valence-corrected chi connectivity index (χ3v) is 4.41. The van der Waals surface area contributed by atoms with Crippen LogP contribution in [0.5, 0.6) is 0 Å². The highest BCUT2D eigenvalue weighted by Crippen LogP contribution is 2.35. The van der Waals surface area contributed by atoms with Gasteiger partial charge in [0.25, 0.3) is 0 Å². The van der Waals surface area contributed by atoms with Gasteiger partial charge in [-0.2, -0.15) is 0 Å². The van der Waals surface area contributed by atoms with Crippen molar-refractivity contribution in [1.82, 2.24) is 9.55 Å². The van der Waals surface area contributed by atoms with Crippen molar-refractivity contribution in [2.45, 2.75) is 52.5 Å². The molecule has 4 heteroatoms. The van der Waals surface area contributed by atoms with Crippen molar-refractivity contribution in [3.8, 4) is 0 Å². The van der Waals surface area contributed by atoms with Gasteiger partial charge in [0, 0.05) is 11.6 Å². The summed E-state index contributed by atoms with van der Waals surface area (Å²) < 4.78 is 15.7. The summed E-state index contributed by atoms with van der Waals surface area (Å²) in [5.74, 6) is 0.248. The van der Waals surface area contributed by atoms with E-state index in [1.54, 1.807) is 6.92 Å². The first kappa shape index (κ1) is 13.8. The molecule has 2 rings (SSSR count). The van der Waals surface area contributed by atoms with Gasteiger partial charge in [0.2, 0.25) is 5.95 Å². The minimum Gasteiger partial charge on any atom is -0.369 e. The minimum atomic E-state index is -0.229. The number of nitrogens with two attached hydrogens (primary N) is 1. The molecule has 0 spiro atoms. The minimum absolute atomic E-state index is 0.0386. The molecule has 0 atom stereocenters. The first-order valence-electron chi connectivity index (χ1n) is 6.93. The van der Waals surface area contributed by atoms with E-state index < -0.39 is 0 Å². The molecule has 104 valence electrons. The predicted molar refractivity (Wildman–Crippen MR) is 77.7 cm³/mol. The molecule has 3 nitrogen and oxygen atoms in total. The van der Waals surface area contributed by atoms with Gasteiger partial charge in [0.05, 0.1) is 11.0 Å². The Kier molecular flexibility index (Phi) is 3.52. The largest absolute Gasteiger partial charge is 0.369 e. The average Bonchev–Trinajstić information content (AvgIpc) is 2.70. The molecule has 2 aromatic rings. The number of hydrogen-bond acceptors (Lipinski definition) is 2. The fourth-order valence-corrected chi connectivity index (χ4v) is 2.94. The van der Waals surface area contributed by atoms with E-state index in [-0.39, 0.29) is 11.4 Å². The van der Waals surface area contributed by atoms with Crippen molar-refractivity contribution in [2.75, 3.05) is 5.73 Å². The molecule has 0 amide bonds. The average molecular weight is 263 g/mol. The van der Waals surface area contributed by atoms with Crippen LogP contribution in [0, 0.1) is 12.7 Å². The monoisotopic (exact) mass is 263 g/mol. The second-order valence-corrected chi connectivity index (χ2v) is 5.18. The number of aromatic nitrogens is 2. The zero-order valence-electron chi connectivity index (χ0n) is 12.1. The third-order valence-electron chi connectivity index (χ3n) is 4.41. The van der Waals surface area contributed by atoms with E-state index in [1.807, 2.05) is 6.07 Å². The highest BCUT2D eigenvalue weighted by atomic mass is 19.1. The summed E-state index contributed by atoms with van der Waals surface area (Å²) in [5.41, 5.74) is 8.26. The maximum absolute atomic E-state index is 13.6. The van der Waals surface area contributed by atoms with Gasteiger partial charge in [-0.15, -0.1) is 0 Å². The van der Waals surface area contributed by atoms with Gasteiger partial charge in [0.15, 0.2) is 0 Å². The van der Waals surface area contributed by atoms with Crippen molar-refractivity contribution in [2.24, 2.45) is 0 Å². The molecule has 2 N–H and O–H groups in total. The van der Waals surface area contributed by atoms with Crippen molar-refractivity contribution < 1.29 is 4.39 Å². The van der Waals surface area contributed by atoms with Crippen LogP contribution in [0.1, 0.15) is 45.6 Å². The van der Waals surface area contributed by atoms with Crippen molar-refractivity contribution in [1.29, 1.82) is 0 Å². The lowest BCUT2D eigenvalue weighted by Crippen LogP contribution is -2.32. The van der Waals surface area contributed by atoms with Crippen molar-refractivity contribution >= 4 is 17.0 Å². The first-order chi connectivity index (χ1) is 8.99. The van der Waals surface area contributed by atoms with Crippen LogP contribution >= 0.6 is 0 Å². The van der Waals surface area contributed by atoms with Crippen LogP contribution in [0.3, 0.4) is 0 Å². The molecule has 1 aromatic heterocycles. The number of anilines is 1. The molecule has 1 aromatic carbocycles. The molecular weight excluding hydrogens is 241 g/mol. The highest BCUT2D eigenvalue weighted by molar-refractivity contribution is 5.79. The van der Waals surface area contributed by atoms with Crippen LogP contribution < -0.4 is 5.73 Å². The summed E-state index contributed by atoms with van der Waals surface area (Å²) in [4.78, 5) is 4.33. The number of imidazole rings is 1. The number of fused-ring (bicyclic) bond motifs is 1. The maximum Gasteiger partial charge on any atom is 0.201 e. The molecule has 0 radical (unpaired) electrons. The fourth-order valence-electron chi connectivity index (χ4n) is 2.94. The molecule has 1 heterocycles. The summed E-state index contributed by atoms with van der Waals surface area (Å²) in [6, 6.07) is 3.33. The number of hydrogen-bond donors (Lipinski definition) is 1. The Balaban J connectivity index is 2.79. The zero-order chi connectivity index (χ0) is 14.2. The second kappa shape index (κ2) is 4.83. The zero-order valence-corrected chi connectivity index (χ0v) is 12.1. The standard InChI is InChI=1S/C15H22FN3/c1-5-15(6-2,7-3)19-13-8-10(4)11(16)9-12(13)18-14(19)17/h8-9H,5-7H2,1-4H3,(H2,17,18). The van der Waals surface area contributed by atoms with Gasteiger partial charge < -0.3 is 10.3 Å². The van der Waals surface area contributed by atoms with Crippen molar-refractivity contribution in [3.63, 3.8) is 0 Å². The summed E-state index contributed by atoms with van der Waals surface area (Å²) in [6.45, 7) is 8.26. The lowest BCUT2D eigenvalue weighted by Gasteiger charge is -2.33. The summed E-state index contributed by atoms with van der Waals surface area (Å²) in [5, 5.41) is 0. The van der Waals surface area contributed by atoms with E-state index in [0.29, 0.717) is 17.0 Å². The van der Waals surface area contributed by atoms with E-state index in [0.717, 1.165) is 24.8 Å². The molecule has 0 bridgehead atoms. The SMILES string of the molecule is CCC(CC)(CC)n1c(N)nc2cc(F)c(C)cc21. The van der Waals surface area contributed by atoms with E-state index in [9.17, 15) is 4.39 Å². The van der Waals surface area contributed by atoms with Crippen LogP contribution in [0.25, 0.3) is 11.0 Å². The molecule has 0 unspecified atom stereocenters. The number of nitrogens with zero attached hydrogens (tertiary/aromatic N) is 2. The van der Waals surface area contributed by atoms with Gasteiger partial charge in [-0.3, -0.25) is 0 Å². The van der Waals surface area contributed by atoms with Gasteiger partial charge in [0.1, 0.15) is 5.82 Å². The van der Waals surface area contributed by atoms with Crippen LogP contribution in [-0.4, -0.2) is 9.55 Å². The quantitative estimate of drug-likeness (QED) is 0.906. The number of nitrogen functional groups attached to an aromatic ring is 1. The Morgan fingerprint density at radius 2 is 1.79 bits per heavy atom. The topological polar surface area (TPSA) is 43.8 Å². The third kappa shape index (κ3) is 1.99. The molecule has 0 aliphatic heterocycles. The normalized spacial score (nSPS) is 12.3. The summed E-state index contributed by atoms with van der Waals surface area (Å²) in [7, 11) is 0.